The summed E-state index contributed by atoms with van der Waals surface area (Å²) in [4.78, 5) is 40.2. The van der Waals surface area contributed by atoms with E-state index >= 15 is 0 Å². The predicted octanol–water partition coefficient (Wildman–Crippen LogP) is 0.362. The predicted molar refractivity (Wildman–Crippen MR) is 102 cm³/mol. The van der Waals surface area contributed by atoms with Crippen molar-refractivity contribution in [3.63, 3.8) is 0 Å². The van der Waals surface area contributed by atoms with Crippen LogP contribution in [0, 0.1) is 5.92 Å². The van der Waals surface area contributed by atoms with Crippen molar-refractivity contribution in [2.45, 2.75) is 31.8 Å². The summed E-state index contributed by atoms with van der Waals surface area (Å²) in [5.74, 6) is -0.242. The van der Waals surface area contributed by atoms with Crippen molar-refractivity contribution in [3.8, 4) is 0 Å². The summed E-state index contributed by atoms with van der Waals surface area (Å²) >= 11 is 0. The zero-order valence-corrected chi connectivity index (χ0v) is 15.8. The van der Waals surface area contributed by atoms with E-state index in [0.29, 0.717) is 19.6 Å². The van der Waals surface area contributed by atoms with Crippen LogP contribution in [0.3, 0.4) is 0 Å². The molecule has 3 rings (SSSR count). The van der Waals surface area contributed by atoms with E-state index in [1.165, 1.54) is 0 Å². The van der Waals surface area contributed by atoms with Gasteiger partial charge in [0.05, 0.1) is 12.5 Å². The third-order valence-corrected chi connectivity index (χ3v) is 5.38. The Bertz CT molecular complexity index is 671. The summed E-state index contributed by atoms with van der Waals surface area (Å²) in [5.41, 5.74) is 1.08. The fourth-order valence-electron chi connectivity index (χ4n) is 3.74. The number of carbonyl (C=O) groups is 3. The number of rotatable bonds is 6. The molecule has 1 atom stereocenters. The SMILES string of the molecule is CNC(=O)CN1CCC(NC(=O)C2CC(=O)N(Cc3ccccc3)C2)CC1. The van der Waals surface area contributed by atoms with Gasteiger partial charge in [-0.25, -0.2) is 0 Å². The van der Waals surface area contributed by atoms with Gasteiger partial charge in [0.25, 0.3) is 0 Å². The van der Waals surface area contributed by atoms with Crippen LogP contribution in [0.4, 0.5) is 0 Å². The van der Waals surface area contributed by atoms with E-state index in [1.54, 1.807) is 11.9 Å². The molecule has 2 saturated heterocycles. The molecule has 1 unspecified atom stereocenters. The minimum atomic E-state index is -0.273. The van der Waals surface area contributed by atoms with Crippen LogP contribution in [0.2, 0.25) is 0 Å². The van der Waals surface area contributed by atoms with Crippen LogP contribution < -0.4 is 10.6 Å². The minimum Gasteiger partial charge on any atom is -0.358 e. The van der Waals surface area contributed by atoms with E-state index in [0.717, 1.165) is 31.5 Å². The van der Waals surface area contributed by atoms with Gasteiger partial charge in [-0.2, -0.15) is 0 Å². The lowest BCUT2D eigenvalue weighted by Gasteiger charge is -2.32. The van der Waals surface area contributed by atoms with Crippen LogP contribution in [0.5, 0.6) is 0 Å². The van der Waals surface area contributed by atoms with Gasteiger partial charge in [-0.3, -0.25) is 19.3 Å². The zero-order chi connectivity index (χ0) is 19.2. The number of nitrogens with one attached hydrogen (secondary N) is 2. The highest BCUT2D eigenvalue weighted by molar-refractivity contribution is 5.89. The summed E-state index contributed by atoms with van der Waals surface area (Å²) in [5, 5.41) is 5.74. The summed E-state index contributed by atoms with van der Waals surface area (Å²) in [7, 11) is 1.64. The second-order valence-corrected chi connectivity index (χ2v) is 7.39. The highest BCUT2D eigenvalue weighted by Crippen LogP contribution is 2.21. The van der Waals surface area contributed by atoms with Gasteiger partial charge >= 0.3 is 0 Å². The van der Waals surface area contributed by atoms with E-state index in [9.17, 15) is 14.4 Å². The van der Waals surface area contributed by atoms with Crippen molar-refractivity contribution in [1.29, 1.82) is 0 Å². The van der Waals surface area contributed by atoms with E-state index in [2.05, 4.69) is 15.5 Å². The molecule has 1 aromatic carbocycles. The van der Waals surface area contributed by atoms with Crippen molar-refractivity contribution >= 4 is 17.7 Å². The molecule has 0 aromatic heterocycles. The molecule has 0 radical (unpaired) electrons. The molecule has 2 aliphatic rings. The van der Waals surface area contributed by atoms with Gasteiger partial charge in [0.1, 0.15) is 0 Å². The number of hydrogen-bond acceptors (Lipinski definition) is 4. The smallest absolute Gasteiger partial charge is 0.233 e. The van der Waals surface area contributed by atoms with Crippen LogP contribution in [0.25, 0.3) is 0 Å². The number of nitrogens with zero attached hydrogens (tertiary/aromatic N) is 2. The highest BCUT2D eigenvalue weighted by Gasteiger charge is 2.35. The van der Waals surface area contributed by atoms with Crippen molar-refractivity contribution in [1.82, 2.24) is 20.4 Å². The summed E-state index contributed by atoms with van der Waals surface area (Å²) in [6, 6.07) is 9.97. The summed E-state index contributed by atoms with van der Waals surface area (Å²) in [6.07, 6.45) is 1.95. The fourth-order valence-corrected chi connectivity index (χ4v) is 3.74. The van der Waals surface area contributed by atoms with E-state index < -0.39 is 0 Å². The fraction of sp³-hybridized carbons (Fsp3) is 0.550. The molecule has 0 spiro atoms. The molecule has 1 aromatic rings. The first kappa shape index (κ1) is 19.4. The van der Waals surface area contributed by atoms with Gasteiger partial charge in [-0.15, -0.1) is 0 Å². The second-order valence-electron chi connectivity index (χ2n) is 7.39. The average molecular weight is 372 g/mol. The maximum absolute atomic E-state index is 12.6. The first-order valence-electron chi connectivity index (χ1n) is 9.60. The second kappa shape index (κ2) is 8.99. The van der Waals surface area contributed by atoms with Crippen molar-refractivity contribution in [2.75, 3.05) is 33.2 Å². The van der Waals surface area contributed by atoms with Gasteiger partial charge < -0.3 is 15.5 Å². The lowest BCUT2D eigenvalue weighted by molar-refractivity contribution is -0.129. The molecule has 7 heteroatoms. The Hall–Kier alpha value is -2.41. The molecular weight excluding hydrogens is 344 g/mol. The molecule has 2 aliphatic heterocycles. The standard InChI is InChI=1S/C20H28N4O3/c1-21-18(25)14-23-9-7-17(8-10-23)22-20(27)16-11-19(26)24(13-16)12-15-5-3-2-4-6-15/h2-6,16-17H,7-14H2,1H3,(H,21,25)(H,22,27). The maximum atomic E-state index is 12.6. The number of likely N-dealkylation sites (N-methyl/N-ethyl adjacent to an activating group) is 1. The van der Waals surface area contributed by atoms with Crippen LogP contribution in [0.15, 0.2) is 30.3 Å². The Morgan fingerprint density at radius 1 is 1.15 bits per heavy atom. The van der Waals surface area contributed by atoms with Crippen LogP contribution in [0.1, 0.15) is 24.8 Å². The quantitative estimate of drug-likeness (QED) is 0.756. The van der Waals surface area contributed by atoms with Crippen LogP contribution in [-0.2, 0) is 20.9 Å². The maximum Gasteiger partial charge on any atom is 0.233 e. The van der Waals surface area contributed by atoms with E-state index in [4.69, 9.17) is 0 Å². The normalized spacial score (nSPS) is 21.3. The van der Waals surface area contributed by atoms with Gasteiger partial charge in [0.2, 0.25) is 17.7 Å². The Morgan fingerprint density at radius 2 is 1.85 bits per heavy atom. The molecular formula is C20H28N4O3. The van der Waals surface area contributed by atoms with Gasteiger partial charge in [-0.1, -0.05) is 30.3 Å². The van der Waals surface area contributed by atoms with Crippen LogP contribution in [-0.4, -0.2) is 66.8 Å². The number of carbonyl (C=O) groups excluding carboxylic acids is 3. The average Bonchev–Trinajstić information content (AvgIpc) is 3.04. The van der Waals surface area contributed by atoms with Gasteiger partial charge in [0.15, 0.2) is 0 Å². The number of amides is 3. The lowest BCUT2D eigenvalue weighted by atomic mass is 10.0. The Kier molecular flexibility index (Phi) is 6.45. The molecule has 2 fully saturated rings. The van der Waals surface area contributed by atoms with Crippen molar-refractivity contribution < 1.29 is 14.4 Å². The van der Waals surface area contributed by atoms with E-state index in [-0.39, 0.29) is 36.1 Å². The number of benzene rings is 1. The first-order valence-corrected chi connectivity index (χ1v) is 9.60. The summed E-state index contributed by atoms with van der Waals surface area (Å²) in [6.45, 7) is 3.03. The molecule has 3 amide bonds. The third-order valence-electron chi connectivity index (χ3n) is 5.38. The van der Waals surface area contributed by atoms with Gasteiger partial charge in [0, 0.05) is 45.7 Å². The molecule has 0 aliphatic carbocycles. The molecule has 27 heavy (non-hydrogen) atoms. The molecule has 2 N–H and O–H groups in total. The topological polar surface area (TPSA) is 81.8 Å². The van der Waals surface area contributed by atoms with Gasteiger partial charge in [-0.05, 0) is 18.4 Å². The number of hydrogen-bond donors (Lipinski definition) is 2. The Labute approximate surface area is 160 Å². The lowest BCUT2D eigenvalue weighted by Crippen LogP contribution is -2.48. The molecule has 0 saturated carbocycles. The highest BCUT2D eigenvalue weighted by atomic mass is 16.2. The largest absolute Gasteiger partial charge is 0.358 e. The molecule has 0 bridgehead atoms. The van der Waals surface area contributed by atoms with Crippen molar-refractivity contribution in [3.05, 3.63) is 35.9 Å². The molecule has 2 heterocycles. The monoisotopic (exact) mass is 372 g/mol. The molecule has 146 valence electrons. The first-order chi connectivity index (χ1) is 13.0. The Morgan fingerprint density at radius 3 is 2.52 bits per heavy atom. The number of piperidine rings is 1. The Balaban J connectivity index is 1.44. The summed E-state index contributed by atoms with van der Waals surface area (Å²) < 4.78 is 0. The zero-order valence-electron chi connectivity index (χ0n) is 15.8. The number of likely N-dealkylation sites (tertiary alicyclic amines) is 2. The molecule has 7 nitrogen and oxygen atoms in total. The third kappa shape index (κ3) is 5.29. The van der Waals surface area contributed by atoms with Crippen molar-refractivity contribution in [2.24, 2.45) is 5.92 Å². The van der Waals surface area contributed by atoms with E-state index in [1.807, 2.05) is 30.3 Å². The van der Waals surface area contributed by atoms with Crippen LogP contribution >= 0.6 is 0 Å². The minimum absolute atomic E-state index is 0.0143.